The van der Waals surface area contributed by atoms with Crippen molar-refractivity contribution < 1.29 is 34.8 Å². The predicted octanol–water partition coefficient (Wildman–Crippen LogP) is 2.93. The molecule has 0 spiro atoms. The molecule has 4 rings (SSSR count). The number of carbonyl (C=O) groups is 3. The quantitative estimate of drug-likeness (QED) is 0.334. The van der Waals surface area contributed by atoms with Crippen LogP contribution >= 0.6 is 0 Å². The van der Waals surface area contributed by atoms with Gasteiger partial charge in [-0.1, -0.05) is 52.3 Å². The van der Waals surface area contributed by atoms with Gasteiger partial charge in [0.2, 0.25) is 0 Å². The number of fused-ring (bicyclic) bond motifs is 5. The third kappa shape index (κ3) is 3.71. The van der Waals surface area contributed by atoms with E-state index in [0.717, 1.165) is 11.6 Å². The number of ketones is 3. The summed E-state index contributed by atoms with van der Waals surface area (Å²) >= 11 is 0. The molecule has 0 amide bonds. The van der Waals surface area contributed by atoms with Gasteiger partial charge >= 0.3 is 0 Å². The Balaban J connectivity index is 1.80. The number of allylic oxidation sites excluding steroid dienone is 1. The lowest BCUT2D eigenvalue weighted by atomic mass is 9.38. The van der Waals surface area contributed by atoms with Crippen LogP contribution in [-0.2, 0) is 14.4 Å². The zero-order valence-electron chi connectivity index (χ0n) is 23.5. The molecule has 9 atom stereocenters. The topological polar surface area (TPSA) is 132 Å². The highest BCUT2D eigenvalue weighted by Crippen LogP contribution is 2.74. The van der Waals surface area contributed by atoms with Crippen molar-refractivity contribution in [3.8, 4) is 0 Å². The second kappa shape index (κ2) is 8.17. The summed E-state index contributed by atoms with van der Waals surface area (Å²) in [6, 6.07) is 0. The Morgan fingerprint density at radius 2 is 1.62 bits per heavy atom. The van der Waals surface area contributed by atoms with E-state index in [1.54, 1.807) is 0 Å². The first-order valence-electron chi connectivity index (χ1n) is 13.5. The Bertz CT molecular complexity index is 1090. The number of aliphatic hydroxyl groups is 4. The molecule has 37 heavy (non-hydrogen) atoms. The van der Waals surface area contributed by atoms with E-state index in [2.05, 4.69) is 13.0 Å². The van der Waals surface area contributed by atoms with Gasteiger partial charge in [-0.2, -0.15) is 0 Å². The van der Waals surface area contributed by atoms with Gasteiger partial charge in [-0.3, -0.25) is 14.4 Å². The molecule has 0 aromatic heterocycles. The van der Waals surface area contributed by atoms with Crippen LogP contribution in [0.5, 0.6) is 0 Å². The second-order valence-electron chi connectivity index (χ2n) is 14.3. The van der Waals surface area contributed by atoms with Crippen molar-refractivity contribution in [3.05, 3.63) is 23.8 Å². The highest BCUT2D eigenvalue weighted by molar-refractivity contribution is 5.97. The van der Waals surface area contributed by atoms with Crippen molar-refractivity contribution >= 4 is 17.3 Å². The van der Waals surface area contributed by atoms with Crippen LogP contribution < -0.4 is 0 Å². The van der Waals surface area contributed by atoms with Crippen molar-refractivity contribution in [3.63, 3.8) is 0 Å². The van der Waals surface area contributed by atoms with E-state index in [4.69, 9.17) is 0 Å². The van der Waals surface area contributed by atoms with E-state index in [1.807, 2.05) is 27.7 Å². The Hall–Kier alpha value is -1.67. The summed E-state index contributed by atoms with van der Waals surface area (Å²) in [4.78, 5) is 40.3. The summed E-state index contributed by atoms with van der Waals surface area (Å²) < 4.78 is 0. The summed E-state index contributed by atoms with van der Waals surface area (Å²) in [6.07, 6.45) is 3.49. The molecule has 206 valence electrons. The molecule has 7 heteroatoms. The van der Waals surface area contributed by atoms with Gasteiger partial charge in [0.05, 0.1) is 11.7 Å². The Kier molecular flexibility index (Phi) is 6.26. The van der Waals surface area contributed by atoms with Gasteiger partial charge in [-0.15, -0.1) is 0 Å². The van der Waals surface area contributed by atoms with Crippen molar-refractivity contribution in [2.45, 2.75) is 104 Å². The number of hydrogen-bond donors (Lipinski definition) is 4. The standard InChI is InChI=1S/C30H44O7/c1-25(2,36)12-11-21(33)30(8,37)23-19(32)14-27(5)20-10-9-16-17(13-18(31)24(35)26(16,3)4)29(20,7)22(34)15-28(23,27)6/h9,11-12,17,19-20,23-24,32,35-37H,10,13-15H2,1-8H3/b12-11+/t17-,19-,20+,23?,24-,27+,28-,29+,30?/m1/s1. The number of rotatable bonds is 4. The SMILES string of the molecule is CC(C)(O)/C=C/C(=O)C(C)(O)C1[C@H](O)C[C@@]2(C)[C@@H]3CC=C4[C@@H](CC(=O)[C@@H](O)C4(C)C)[C@]3(C)C(=O)C[C@]12C. The molecule has 7 nitrogen and oxygen atoms in total. The number of aliphatic hydroxyl groups excluding tert-OH is 2. The fraction of sp³-hybridized carbons (Fsp3) is 0.767. The van der Waals surface area contributed by atoms with E-state index >= 15 is 0 Å². The molecule has 0 saturated heterocycles. The van der Waals surface area contributed by atoms with Crippen molar-refractivity contribution in [1.82, 2.24) is 0 Å². The Morgan fingerprint density at radius 1 is 1.03 bits per heavy atom. The number of carbonyl (C=O) groups excluding carboxylic acids is 3. The molecule has 0 aromatic rings. The smallest absolute Gasteiger partial charge is 0.187 e. The molecule has 3 fully saturated rings. The van der Waals surface area contributed by atoms with Crippen LogP contribution in [0.4, 0.5) is 0 Å². The maximum absolute atomic E-state index is 14.2. The van der Waals surface area contributed by atoms with Crippen LogP contribution in [0.25, 0.3) is 0 Å². The molecule has 4 N–H and O–H groups in total. The summed E-state index contributed by atoms with van der Waals surface area (Å²) in [5.74, 6) is -2.34. The van der Waals surface area contributed by atoms with E-state index < -0.39 is 56.8 Å². The molecular formula is C30H44O7. The fourth-order valence-electron chi connectivity index (χ4n) is 8.95. The monoisotopic (exact) mass is 516 g/mol. The van der Waals surface area contributed by atoms with Gasteiger partial charge in [-0.25, -0.2) is 0 Å². The third-order valence-electron chi connectivity index (χ3n) is 11.2. The highest BCUT2D eigenvalue weighted by atomic mass is 16.3. The lowest BCUT2D eigenvalue weighted by molar-refractivity contribution is -0.183. The molecule has 0 aliphatic heterocycles. The first-order valence-corrected chi connectivity index (χ1v) is 13.5. The third-order valence-corrected chi connectivity index (χ3v) is 11.2. The molecule has 0 radical (unpaired) electrons. The minimum Gasteiger partial charge on any atom is -0.393 e. The summed E-state index contributed by atoms with van der Waals surface area (Å²) in [5.41, 5.74) is -5.36. The van der Waals surface area contributed by atoms with Crippen LogP contribution in [0.1, 0.15) is 81.1 Å². The average Bonchev–Trinajstić information content (AvgIpc) is 2.96. The molecule has 0 heterocycles. The Morgan fingerprint density at radius 3 is 2.19 bits per heavy atom. The normalized spacial score (nSPS) is 45.1. The van der Waals surface area contributed by atoms with Crippen molar-refractivity contribution in [2.75, 3.05) is 0 Å². The van der Waals surface area contributed by atoms with Crippen LogP contribution in [0.2, 0.25) is 0 Å². The van der Waals surface area contributed by atoms with Crippen LogP contribution in [0, 0.1) is 39.4 Å². The second-order valence-corrected chi connectivity index (χ2v) is 14.3. The van der Waals surface area contributed by atoms with Crippen molar-refractivity contribution in [2.24, 2.45) is 39.4 Å². The predicted molar refractivity (Wildman–Crippen MR) is 138 cm³/mol. The first-order chi connectivity index (χ1) is 16.7. The van der Waals surface area contributed by atoms with Gasteiger partial charge in [0, 0.05) is 29.6 Å². The molecular weight excluding hydrogens is 472 g/mol. The van der Waals surface area contributed by atoms with Crippen LogP contribution in [-0.4, -0.2) is 61.2 Å². The van der Waals surface area contributed by atoms with Crippen molar-refractivity contribution in [1.29, 1.82) is 0 Å². The fourth-order valence-corrected chi connectivity index (χ4v) is 8.95. The largest absolute Gasteiger partial charge is 0.393 e. The molecule has 4 aliphatic rings. The molecule has 2 unspecified atom stereocenters. The van der Waals surface area contributed by atoms with Gasteiger partial charge in [-0.05, 0) is 62.4 Å². The van der Waals surface area contributed by atoms with E-state index in [-0.39, 0.29) is 36.2 Å². The summed E-state index contributed by atoms with van der Waals surface area (Å²) in [5, 5.41) is 43.7. The van der Waals surface area contributed by atoms with E-state index in [1.165, 1.54) is 26.8 Å². The number of hydrogen-bond acceptors (Lipinski definition) is 7. The van der Waals surface area contributed by atoms with Gasteiger partial charge in [0.15, 0.2) is 11.6 Å². The summed E-state index contributed by atoms with van der Waals surface area (Å²) in [7, 11) is 0. The maximum atomic E-state index is 14.2. The Labute approximate surface area is 220 Å². The zero-order valence-corrected chi connectivity index (χ0v) is 23.5. The van der Waals surface area contributed by atoms with Crippen LogP contribution in [0.15, 0.2) is 23.8 Å². The van der Waals surface area contributed by atoms with Gasteiger partial charge in [0.1, 0.15) is 17.5 Å². The maximum Gasteiger partial charge on any atom is 0.187 e. The van der Waals surface area contributed by atoms with Gasteiger partial charge in [0.25, 0.3) is 0 Å². The minimum atomic E-state index is -1.95. The first kappa shape index (κ1) is 28.3. The highest BCUT2D eigenvalue weighted by Gasteiger charge is 2.74. The molecule has 0 bridgehead atoms. The molecule has 3 saturated carbocycles. The zero-order chi connectivity index (χ0) is 28.1. The van der Waals surface area contributed by atoms with E-state index in [0.29, 0.717) is 12.8 Å². The minimum absolute atomic E-state index is 0.0255. The average molecular weight is 517 g/mol. The lowest BCUT2D eigenvalue weighted by Gasteiger charge is -2.64. The molecule has 4 aliphatic carbocycles. The summed E-state index contributed by atoms with van der Waals surface area (Å²) in [6.45, 7) is 14.1. The number of Topliss-reactive ketones (excluding diaryl/α,β-unsaturated/α-hetero) is 2. The van der Waals surface area contributed by atoms with E-state index in [9.17, 15) is 34.8 Å². The molecule has 0 aromatic carbocycles. The van der Waals surface area contributed by atoms with Crippen LogP contribution in [0.3, 0.4) is 0 Å². The lowest BCUT2D eigenvalue weighted by Crippen LogP contribution is -2.65. The van der Waals surface area contributed by atoms with Gasteiger partial charge < -0.3 is 20.4 Å².